The Morgan fingerprint density at radius 2 is 1.74 bits per heavy atom. The van der Waals surface area contributed by atoms with E-state index in [1.54, 1.807) is 38.5 Å². The monoisotopic (exact) mass is 501 g/mol. The highest BCUT2D eigenvalue weighted by Gasteiger charge is 2.32. The van der Waals surface area contributed by atoms with Crippen LogP contribution in [0.25, 0.3) is 11.3 Å². The van der Waals surface area contributed by atoms with Crippen LogP contribution in [0.1, 0.15) is 18.4 Å². The summed E-state index contributed by atoms with van der Waals surface area (Å²) >= 11 is 1.34. The fourth-order valence-corrected chi connectivity index (χ4v) is 6.08. The average Bonchev–Trinajstić information content (AvgIpc) is 3.32. The maximum Gasteiger partial charge on any atom is 0.243 e. The van der Waals surface area contributed by atoms with Gasteiger partial charge < -0.3 is 14.8 Å². The topological polar surface area (TPSA) is 97.8 Å². The molecule has 1 N–H and O–H groups in total. The minimum absolute atomic E-state index is 0.138. The van der Waals surface area contributed by atoms with E-state index in [1.165, 1.54) is 15.6 Å². The van der Waals surface area contributed by atoms with Crippen molar-refractivity contribution in [1.29, 1.82) is 0 Å². The highest BCUT2D eigenvalue weighted by Crippen LogP contribution is 2.34. The van der Waals surface area contributed by atoms with E-state index in [-0.39, 0.29) is 16.7 Å². The first-order valence-electron chi connectivity index (χ1n) is 10.9. The number of nitrogens with zero attached hydrogens (tertiary/aromatic N) is 2. The minimum Gasteiger partial charge on any atom is -0.493 e. The lowest BCUT2D eigenvalue weighted by Gasteiger charge is -2.30. The van der Waals surface area contributed by atoms with Crippen molar-refractivity contribution in [3.8, 4) is 22.8 Å². The summed E-state index contributed by atoms with van der Waals surface area (Å²) < 4.78 is 37.9. The number of hydrogen-bond acceptors (Lipinski definition) is 7. The van der Waals surface area contributed by atoms with Crippen molar-refractivity contribution in [2.75, 3.05) is 32.6 Å². The van der Waals surface area contributed by atoms with Crippen molar-refractivity contribution in [2.24, 2.45) is 5.92 Å². The van der Waals surface area contributed by atoms with Crippen molar-refractivity contribution in [3.05, 3.63) is 53.4 Å². The van der Waals surface area contributed by atoms with Gasteiger partial charge in [-0.3, -0.25) is 4.79 Å². The van der Waals surface area contributed by atoms with Crippen molar-refractivity contribution >= 4 is 32.4 Å². The maximum absolute atomic E-state index is 12.9. The Hall–Kier alpha value is -2.95. The summed E-state index contributed by atoms with van der Waals surface area (Å²) in [6, 6.07) is 12.4. The average molecular weight is 502 g/mol. The van der Waals surface area contributed by atoms with Crippen LogP contribution in [0.4, 0.5) is 5.13 Å². The van der Waals surface area contributed by atoms with Gasteiger partial charge in [-0.1, -0.05) is 17.7 Å². The number of ether oxygens (including phenoxy) is 2. The molecular formula is C24H27N3O5S2. The van der Waals surface area contributed by atoms with Gasteiger partial charge in [0.15, 0.2) is 16.6 Å². The van der Waals surface area contributed by atoms with Crippen molar-refractivity contribution in [2.45, 2.75) is 24.7 Å². The fraction of sp³-hybridized carbons (Fsp3) is 0.333. The first-order chi connectivity index (χ1) is 16.3. The van der Waals surface area contributed by atoms with Gasteiger partial charge in [-0.05, 0) is 50.1 Å². The Labute approximate surface area is 203 Å². The van der Waals surface area contributed by atoms with Crippen LogP contribution < -0.4 is 14.8 Å². The van der Waals surface area contributed by atoms with Crippen LogP contribution in [0.3, 0.4) is 0 Å². The van der Waals surface area contributed by atoms with Gasteiger partial charge in [-0.25, -0.2) is 13.4 Å². The van der Waals surface area contributed by atoms with Gasteiger partial charge in [-0.2, -0.15) is 4.31 Å². The first-order valence-corrected chi connectivity index (χ1v) is 13.2. The number of benzene rings is 2. The number of nitrogens with one attached hydrogen (secondary N) is 1. The van der Waals surface area contributed by atoms with Crippen LogP contribution in [0.2, 0.25) is 0 Å². The number of aromatic nitrogens is 1. The number of anilines is 1. The zero-order chi connectivity index (χ0) is 24.3. The summed E-state index contributed by atoms with van der Waals surface area (Å²) in [5.74, 6) is 0.829. The lowest BCUT2D eigenvalue weighted by Crippen LogP contribution is -2.41. The Morgan fingerprint density at radius 1 is 1.06 bits per heavy atom. The van der Waals surface area contributed by atoms with Crippen LogP contribution in [0.5, 0.6) is 11.5 Å². The molecule has 34 heavy (non-hydrogen) atoms. The number of methoxy groups -OCH3 is 2. The third-order valence-electron chi connectivity index (χ3n) is 5.90. The molecule has 1 aliphatic rings. The molecule has 0 saturated carbocycles. The molecule has 1 amide bonds. The van der Waals surface area contributed by atoms with Gasteiger partial charge >= 0.3 is 0 Å². The van der Waals surface area contributed by atoms with Crippen LogP contribution in [-0.4, -0.2) is 50.9 Å². The molecule has 0 aliphatic carbocycles. The molecule has 0 unspecified atom stereocenters. The fourth-order valence-electron chi connectivity index (χ4n) is 3.88. The van der Waals surface area contributed by atoms with Crippen LogP contribution in [0.15, 0.2) is 52.7 Å². The third kappa shape index (κ3) is 5.08. The van der Waals surface area contributed by atoms with Crippen LogP contribution >= 0.6 is 11.3 Å². The molecule has 8 nitrogen and oxygen atoms in total. The SMILES string of the molecule is COc1ccc(-c2csc(NC(=O)C3CCN(S(=O)(=O)c4ccc(C)cc4)CC3)n2)cc1OC. The van der Waals surface area contributed by atoms with Crippen molar-refractivity contribution in [3.63, 3.8) is 0 Å². The molecular weight excluding hydrogens is 474 g/mol. The maximum atomic E-state index is 12.9. The molecule has 0 spiro atoms. The summed E-state index contributed by atoms with van der Waals surface area (Å²) in [6.07, 6.45) is 0.926. The second-order valence-electron chi connectivity index (χ2n) is 8.09. The number of rotatable bonds is 7. The smallest absolute Gasteiger partial charge is 0.243 e. The van der Waals surface area contributed by atoms with E-state index in [0.29, 0.717) is 42.6 Å². The number of sulfonamides is 1. The molecule has 1 saturated heterocycles. The van der Waals surface area contributed by atoms with E-state index in [9.17, 15) is 13.2 Å². The van der Waals surface area contributed by atoms with Gasteiger partial charge in [0.25, 0.3) is 0 Å². The quantitative estimate of drug-likeness (QED) is 0.522. The summed E-state index contributed by atoms with van der Waals surface area (Å²) in [5.41, 5.74) is 2.58. The summed E-state index contributed by atoms with van der Waals surface area (Å²) in [4.78, 5) is 17.6. The predicted octanol–water partition coefficient (Wildman–Crippen LogP) is 4.18. The normalized spacial score (nSPS) is 15.1. The van der Waals surface area contributed by atoms with Gasteiger partial charge in [0, 0.05) is 30.0 Å². The summed E-state index contributed by atoms with van der Waals surface area (Å²) in [5, 5.41) is 5.26. The van der Waals surface area contributed by atoms with Gasteiger partial charge in [-0.15, -0.1) is 11.3 Å². The molecule has 1 aromatic heterocycles. The second kappa shape index (κ2) is 10.1. The summed E-state index contributed by atoms with van der Waals surface area (Å²) in [6.45, 7) is 2.53. The Bertz CT molecular complexity index is 1260. The second-order valence-corrected chi connectivity index (χ2v) is 10.9. The lowest BCUT2D eigenvalue weighted by atomic mass is 9.97. The van der Waals surface area contributed by atoms with Gasteiger partial charge in [0.1, 0.15) is 0 Å². The minimum atomic E-state index is -3.55. The van der Waals surface area contributed by atoms with E-state index in [4.69, 9.17) is 9.47 Å². The number of piperidine rings is 1. The van der Waals surface area contributed by atoms with E-state index < -0.39 is 10.0 Å². The van der Waals surface area contributed by atoms with E-state index in [0.717, 1.165) is 16.8 Å². The molecule has 4 rings (SSSR count). The van der Waals surface area contributed by atoms with Gasteiger partial charge in [0.2, 0.25) is 15.9 Å². The highest BCUT2D eigenvalue weighted by molar-refractivity contribution is 7.89. The molecule has 1 aliphatic heterocycles. The van der Waals surface area contributed by atoms with Crippen molar-refractivity contribution in [1.82, 2.24) is 9.29 Å². The molecule has 0 atom stereocenters. The highest BCUT2D eigenvalue weighted by atomic mass is 32.2. The van der Waals surface area contributed by atoms with E-state index in [2.05, 4.69) is 10.3 Å². The van der Waals surface area contributed by atoms with Crippen molar-refractivity contribution < 1.29 is 22.7 Å². The molecule has 180 valence electrons. The molecule has 1 fully saturated rings. The van der Waals surface area contributed by atoms with Crippen LogP contribution in [0, 0.1) is 12.8 Å². The molecule has 2 heterocycles. The largest absolute Gasteiger partial charge is 0.493 e. The zero-order valence-corrected chi connectivity index (χ0v) is 20.9. The molecule has 2 aromatic carbocycles. The Kier molecular flexibility index (Phi) is 7.20. The standard InChI is InChI=1S/C24H27N3O5S2/c1-16-4-7-19(8-5-16)34(29,30)27-12-10-17(11-13-27)23(28)26-24-25-20(15-33-24)18-6-9-21(31-2)22(14-18)32-3/h4-9,14-15,17H,10-13H2,1-3H3,(H,25,26,28). The number of carbonyl (C=O) groups excluding carboxylic acids is 1. The molecule has 3 aromatic rings. The summed E-state index contributed by atoms with van der Waals surface area (Å²) in [7, 11) is -0.398. The number of aryl methyl sites for hydroxylation is 1. The number of hydrogen-bond donors (Lipinski definition) is 1. The Balaban J connectivity index is 1.37. The number of carbonyl (C=O) groups is 1. The Morgan fingerprint density at radius 3 is 2.38 bits per heavy atom. The lowest BCUT2D eigenvalue weighted by molar-refractivity contribution is -0.120. The number of amides is 1. The first kappa shape index (κ1) is 24.2. The number of thiazole rings is 1. The zero-order valence-electron chi connectivity index (χ0n) is 19.3. The van der Waals surface area contributed by atoms with E-state index in [1.807, 2.05) is 30.5 Å². The van der Waals surface area contributed by atoms with Crippen LogP contribution in [-0.2, 0) is 14.8 Å². The molecule has 0 radical (unpaired) electrons. The molecule has 10 heteroatoms. The van der Waals surface area contributed by atoms with Gasteiger partial charge in [0.05, 0.1) is 24.8 Å². The molecule has 0 bridgehead atoms. The third-order valence-corrected chi connectivity index (χ3v) is 8.57. The van der Waals surface area contributed by atoms with E-state index >= 15 is 0 Å². The predicted molar refractivity (Wildman–Crippen MR) is 132 cm³/mol.